The highest BCUT2D eigenvalue weighted by molar-refractivity contribution is 14.1. The van der Waals surface area contributed by atoms with E-state index in [2.05, 4.69) is 67.8 Å². The number of hydrogen-bond donors (Lipinski definition) is 0. The molecular formula is C15H14I3NO6. The van der Waals surface area contributed by atoms with E-state index in [9.17, 15) is 19.2 Å². The Morgan fingerprint density at radius 2 is 1.60 bits per heavy atom. The predicted molar refractivity (Wildman–Crippen MR) is 114 cm³/mol. The van der Waals surface area contributed by atoms with Gasteiger partial charge in [0.1, 0.15) is 6.29 Å². The monoisotopic (exact) mass is 685 g/mol. The molecule has 1 amide bonds. The third-order valence-electron chi connectivity index (χ3n) is 2.78. The second-order valence-corrected chi connectivity index (χ2v) is 8.30. The summed E-state index contributed by atoms with van der Waals surface area (Å²) in [5, 5.41) is 0.766. The summed E-state index contributed by atoms with van der Waals surface area (Å²) in [6.45, 7) is 0. The molecule has 10 heteroatoms. The molecule has 0 aliphatic heterocycles. The van der Waals surface area contributed by atoms with Gasteiger partial charge in [-0.2, -0.15) is 5.06 Å². The van der Waals surface area contributed by atoms with Gasteiger partial charge in [-0.25, -0.2) is 4.79 Å². The van der Waals surface area contributed by atoms with Crippen molar-refractivity contribution in [3.05, 3.63) is 22.8 Å². The molecule has 25 heavy (non-hydrogen) atoms. The molecule has 0 unspecified atom stereocenters. The van der Waals surface area contributed by atoms with Gasteiger partial charge in [0.2, 0.25) is 0 Å². The van der Waals surface area contributed by atoms with Crippen molar-refractivity contribution in [1.82, 2.24) is 5.06 Å². The standard InChI is InChI=1S/C15H14I3NO6/c1-19(12(21)3-2-6-20)25-14(23)5-4-13(22)24-15-10(17)7-9(16)8-11(15)18/h6-8H,2-5H2,1H3. The van der Waals surface area contributed by atoms with Gasteiger partial charge in [-0.15, -0.1) is 0 Å². The highest BCUT2D eigenvalue weighted by Crippen LogP contribution is 2.29. The number of amides is 1. The molecule has 0 bridgehead atoms. The molecule has 136 valence electrons. The number of hydroxylamine groups is 2. The van der Waals surface area contributed by atoms with Crippen molar-refractivity contribution in [2.45, 2.75) is 25.7 Å². The minimum atomic E-state index is -0.731. The largest absolute Gasteiger partial charge is 0.424 e. The number of carbonyl (C=O) groups is 4. The van der Waals surface area contributed by atoms with E-state index in [0.29, 0.717) is 12.0 Å². The maximum atomic E-state index is 11.9. The highest BCUT2D eigenvalue weighted by atomic mass is 127. The van der Waals surface area contributed by atoms with Gasteiger partial charge >= 0.3 is 11.9 Å². The van der Waals surface area contributed by atoms with Crippen LogP contribution in [0, 0.1) is 10.7 Å². The first-order valence-electron chi connectivity index (χ1n) is 7.00. The first-order valence-corrected chi connectivity index (χ1v) is 10.2. The van der Waals surface area contributed by atoms with Crippen molar-refractivity contribution < 1.29 is 28.8 Å². The van der Waals surface area contributed by atoms with Gasteiger partial charge in [0.05, 0.1) is 20.0 Å². The molecule has 0 atom stereocenters. The Bertz CT molecular complexity index is 656. The van der Waals surface area contributed by atoms with Crippen LogP contribution in [0.15, 0.2) is 12.1 Å². The summed E-state index contributed by atoms with van der Waals surface area (Å²) in [4.78, 5) is 50.1. The minimum Gasteiger partial charge on any atom is -0.424 e. The zero-order valence-electron chi connectivity index (χ0n) is 13.1. The van der Waals surface area contributed by atoms with Crippen LogP contribution in [0.4, 0.5) is 0 Å². The second-order valence-electron chi connectivity index (χ2n) is 4.73. The van der Waals surface area contributed by atoms with E-state index in [4.69, 9.17) is 9.57 Å². The van der Waals surface area contributed by atoms with Gasteiger partial charge in [-0.1, -0.05) is 0 Å². The third kappa shape index (κ3) is 8.15. The van der Waals surface area contributed by atoms with Gasteiger partial charge in [0, 0.05) is 23.5 Å². The van der Waals surface area contributed by atoms with Crippen molar-refractivity contribution in [3.8, 4) is 5.75 Å². The maximum absolute atomic E-state index is 11.9. The second kappa shape index (κ2) is 11.3. The Morgan fingerprint density at radius 1 is 1.04 bits per heavy atom. The first-order chi connectivity index (χ1) is 11.7. The van der Waals surface area contributed by atoms with Crippen LogP contribution in [0.1, 0.15) is 25.7 Å². The molecule has 0 aliphatic rings. The van der Waals surface area contributed by atoms with Crippen LogP contribution in [0.5, 0.6) is 5.75 Å². The van der Waals surface area contributed by atoms with Crippen molar-refractivity contribution in [3.63, 3.8) is 0 Å². The number of aldehydes is 1. The molecule has 0 aromatic heterocycles. The Hall–Kier alpha value is -0.510. The lowest BCUT2D eigenvalue weighted by Crippen LogP contribution is -2.30. The lowest BCUT2D eigenvalue weighted by atomic mass is 10.3. The summed E-state index contributed by atoms with van der Waals surface area (Å²) in [6, 6.07) is 3.75. The van der Waals surface area contributed by atoms with Crippen LogP contribution in [-0.4, -0.2) is 36.2 Å². The molecule has 0 spiro atoms. The predicted octanol–water partition coefficient (Wildman–Crippen LogP) is 3.08. The fourth-order valence-electron chi connectivity index (χ4n) is 1.58. The summed E-state index contributed by atoms with van der Waals surface area (Å²) >= 11 is 6.32. The fraction of sp³-hybridized carbons (Fsp3) is 0.333. The molecule has 0 heterocycles. The van der Waals surface area contributed by atoms with Crippen LogP contribution in [0.2, 0.25) is 0 Å². The van der Waals surface area contributed by atoms with Crippen LogP contribution in [0.25, 0.3) is 0 Å². The normalized spacial score (nSPS) is 10.1. The van der Waals surface area contributed by atoms with Crippen molar-refractivity contribution in [1.29, 1.82) is 0 Å². The van der Waals surface area contributed by atoms with Crippen LogP contribution < -0.4 is 4.74 Å². The number of benzene rings is 1. The van der Waals surface area contributed by atoms with Crippen molar-refractivity contribution >= 4 is 91.9 Å². The van der Waals surface area contributed by atoms with E-state index in [1.807, 2.05) is 12.1 Å². The van der Waals surface area contributed by atoms with Crippen LogP contribution in [0.3, 0.4) is 0 Å². The fourth-order valence-corrected chi connectivity index (χ4v) is 5.39. The summed E-state index contributed by atoms with van der Waals surface area (Å²) in [5.41, 5.74) is 0. The number of hydrogen-bond acceptors (Lipinski definition) is 6. The summed E-state index contributed by atoms with van der Waals surface area (Å²) < 4.78 is 7.92. The van der Waals surface area contributed by atoms with Crippen LogP contribution in [-0.2, 0) is 24.0 Å². The average Bonchev–Trinajstić information content (AvgIpc) is 2.53. The minimum absolute atomic E-state index is 0.0427. The molecule has 0 saturated heterocycles. The average molecular weight is 685 g/mol. The number of nitrogens with zero attached hydrogens (tertiary/aromatic N) is 1. The van der Waals surface area contributed by atoms with E-state index in [1.165, 1.54) is 7.05 Å². The summed E-state index contributed by atoms with van der Waals surface area (Å²) in [6.07, 6.45) is 0.227. The molecule has 1 rings (SSSR count). The molecular weight excluding hydrogens is 671 g/mol. The lowest BCUT2D eigenvalue weighted by Gasteiger charge is -2.15. The van der Waals surface area contributed by atoms with E-state index >= 15 is 0 Å². The smallest absolute Gasteiger partial charge is 0.333 e. The molecule has 0 aliphatic carbocycles. The van der Waals surface area contributed by atoms with E-state index in [0.717, 1.165) is 15.8 Å². The SMILES string of the molecule is CN(OC(=O)CCC(=O)Oc1c(I)cc(I)cc1I)C(=O)CCC=O. The third-order valence-corrected chi connectivity index (χ3v) is 5.00. The Morgan fingerprint density at radius 3 is 2.16 bits per heavy atom. The zero-order chi connectivity index (χ0) is 19.0. The quantitative estimate of drug-likeness (QED) is 0.144. The number of carbonyl (C=O) groups excluding carboxylic acids is 4. The van der Waals surface area contributed by atoms with E-state index in [1.54, 1.807) is 0 Å². The van der Waals surface area contributed by atoms with Gasteiger partial charge in [-0.05, 0) is 79.9 Å². The molecule has 0 N–H and O–H groups in total. The first kappa shape index (κ1) is 22.5. The number of halogens is 3. The molecule has 0 fully saturated rings. The van der Waals surface area contributed by atoms with Gasteiger partial charge in [-0.3, -0.25) is 9.59 Å². The number of rotatable bonds is 7. The van der Waals surface area contributed by atoms with Gasteiger partial charge in [0.15, 0.2) is 5.75 Å². The summed E-state index contributed by atoms with van der Waals surface area (Å²) in [7, 11) is 1.28. The van der Waals surface area contributed by atoms with E-state index < -0.39 is 17.8 Å². The molecule has 1 aromatic rings. The topological polar surface area (TPSA) is 90.0 Å². The lowest BCUT2D eigenvalue weighted by molar-refractivity contribution is -0.193. The molecule has 0 radical (unpaired) electrons. The number of ether oxygens (including phenoxy) is 1. The molecule has 0 saturated carbocycles. The molecule has 1 aromatic carbocycles. The summed E-state index contributed by atoms with van der Waals surface area (Å²) in [5.74, 6) is -1.33. The zero-order valence-corrected chi connectivity index (χ0v) is 19.6. The Labute approximate surface area is 185 Å². The van der Waals surface area contributed by atoms with Gasteiger partial charge in [0.25, 0.3) is 5.91 Å². The number of esters is 1. The van der Waals surface area contributed by atoms with Gasteiger partial charge < -0.3 is 14.4 Å². The Kier molecular flexibility index (Phi) is 10.1. The maximum Gasteiger partial charge on any atom is 0.333 e. The van der Waals surface area contributed by atoms with E-state index in [-0.39, 0.29) is 25.7 Å². The van der Waals surface area contributed by atoms with Crippen molar-refractivity contribution in [2.24, 2.45) is 0 Å². The Balaban J connectivity index is 2.47. The van der Waals surface area contributed by atoms with Crippen molar-refractivity contribution in [2.75, 3.05) is 7.05 Å². The molecule has 7 nitrogen and oxygen atoms in total. The van der Waals surface area contributed by atoms with Crippen LogP contribution >= 0.6 is 67.8 Å². The highest BCUT2D eigenvalue weighted by Gasteiger charge is 2.17.